The van der Waals surface area contributed by atoms with Crippen molar-refractivity contribution in [3.63, 3.8) is 0 Å². The molecule has 2 aromatic rings. The Morgan fingerprint density at radius 1 is 0.560 bits per heavy atom. The third kappa shape index (κ3) is 0.173. The van der Waals surface area contributed by atoms with Crippen LogP contribution in [0.1, 0.15) is 11.1 Å². The van der Waals surface area contributed by atoms with Gasteiger partial charge in [0.15, 0.2) is 0 Å². The molecule has 0 bridgehead atoms. The molecule has 10 heterocycles. The van der Waals surface area contributed by atoms with Crippen LogP contribution in [0.5, 0.6) is 0 Å². The van der Waals surface area contributed by atoms with Crippen LogP contribution in [0.3, 0.4) is 0 Å². The van der Waals surface area contributed by atoms with Gasteiger partial charge in [-0.25, -0.2) is 0 Å². The minimum absolute atomic E-state index is 0.808. The maximum absolute atomic E-state index is 3.68. The number of rotatable bonds is 2. The zero-order valence-corrected chi connectivity index (χ0v) is 17.6. The summed E-state index contributed by atoms with van der Waals surface area (Å²) >= 11 is 7.36. The first-order valence-corrected chi connectivity index (χ1v) is 17.5. The molecule has 2 aromatic carbocycles. The van der Waals surface area contributed by atoms with Gasteiger partial charge in [-0.2, -0.15) is 0 Å². The van der Waals surface area contributed by atoms with E-state index in [2.05, 4.69) is 80.4 Å². The van der Waals surface area contributed by atoms with E-state index in [0.717, 1.165) is 8.63 Å². The second-order valence-electron chi connectivity index (χ2n) is 12.8. The van der Waals surface area contributed by atoms with Crippen molar-refractivity contribution in [2.24, 2.45) is 0 Å². The van der Waals surface area contributed by atoms with E-state index in [1.165, 1.54) is 47.5 Å². The quantitative estimate of drug-likeness (QED) is 0.389. The Bertz CT molecular complexity index is 1430. The Morgan fingerprint density at radius 2 is 0.880 bits per heavy atom. The molecular weight excluding hydrogens is 480 g/mol. The van der Waals surface area contributed by atoms with Crippen LogP contribution in [-0.2, 0) is 15.1 Å². The van der Waals surface area contributed by atoms with Crippen molar-refractivity contribution in [1.82, 2.24) is 0 Å². The summed E-state index contributed by atoms with van der Waals surface area (Å²) < 4.78 is 4.13. The molecule has 10 aliphatic rings. The molecule has 0 nitrogen and oxygen atoms in total. The molecule has 0 amide bonds. The molecule has 10 fully saturated rings. The van der Waals surface area contributed by atoms with Crippen LogP contribution in [-0.4, -0.2) is 0 Å². The molecule has 0 saturated carbocycles. The molecule has 0 N–H and O–H groups in total. The first-order valence-electron chi connectivity index (χ1n) is 9.66. The van der Waals surface area contributed by atoms with Crippen molar-refractivity contribution < 1.29 is 6.51 Å². The maximum atomic E-state index is 3.68. The van der Waals surface area contributed by atoms with Gasteiger partial charge in [0.05, 0.1) is 0 Å². The van der Waals surface area contributed by atoms with E-state index in [1.54, 1.807) is 0 Å². The molecule has 8 unspecified atom stereocenters. The average molecular weight is 496 g/mol. The first-order chi connectivity index (χ1) is 11.9. The Kier molecular flexibility index (Phi) is 0.545. The zero-order valence-electron chi connectivity index (χ0n) is 13.3. The van der Waals surface area contributed by atoms with E-state index in [1.807, 2.05) is 11.1 Å². The van der Waals surface area contributed by atoms with Gasteiger partial charge in [0.2, 0.25) is 0 Å². The molecule has 10 aliphatic heterocycles. The molecule has 0 aliphatic carbocycles. The molecule has 126 valence electrons. The van der Waals surface area contributed by atoms with Crippen molar-refractivity contribution in [3.05, 3.63) is 68.6 Å². The standard InChI is InChI=1S/2C11H8Br.Fe/c2*12-11-7-5-10(6-8-11)9-3-1-2-4-9;/h2*1-8H;. The van der Waals surface area contributed by atoms with Crippen molar-refractivity contribution in [2.45, 2.75) is 47.2 Å². The second-order valence-corrected chi connectivity index (χ2v) is 37.8. The Hall–Kier alpha value is -0.0805. The molecule has 10 saturated heterocycles. The molecule has 3 heteroatoms. The van der Waals surface area contributed by atoms with Gasteiger partial charge in [0.1, 0.15) is 0 Å². The Balaban J connectivity index is 1.33. The fraction of sp³-hybridized carbons (Fsp3) is 0.455. The van der Waals surface area contributed by atoms with Gasteiger partial charge < -0.3 is 0 Å². The fourth-order valence-electron chi connectivity index (χ4n) is 19.5. The van der Waals surface area contributed by atoms with Gasteiger partial charge in [-0.15, -0.1) is 0 Å². The topological polar surface area (TPSA) is 0 Å². The minimum atomic E-state index is -3.42. The Morgan fingerprint density at radius 3 is 1.16 bits per heavy atom. The third-order valence-electron chi connectivity index (χ3n) is 17.4. The summed E-state index contributed by atoms with van der Waals surface area (Å²) in [4.78, 5) is 10.4. The molecule has 1 spiro atoms. The molecule has 0 aromatic heterocycles. The van der Waals surface area contributed by atoms with E-state index in [0.29, 0.717) is 0 Å². The van der Waals surface area contributed by atoms with Crippen LogP contribution in [0, 0.1) is 0 Å². The van der Waals surface area contributed by atoms with E-state index >= 15 is 0 Å². The second kappa shape index (κ2) is 1.23. The summed E-state index contributed by atoms with van der Waals surface area (Å²) in [6.45, 7) is -3.42. The molecule has 25 heavy (non-hydrogen) atoms. The summed E-state index contributed by atoms with van der Waals surface area (Å²) in [7, 11) is 0. The van der Waals surface area contributed by atoms with E-state index in [4.69, 9.17) is 0 Å². The first kappa shape index (κ1) is 11.1. The number of hydrogen-bond acceptors (Lipinski definition) is 0. The normalized spacial score (nSPS) is 87.6. The van der Waals surface area contributed by atoms with Crippen molar-refractivity contribution >= 4 is 31.9 Å². The van der Waals surface area contributed by atoms with Gasteiger partial charge in [-0.1, -0.05) is 0 Å². The van der Waals surface area contributed by atoms with Crippen LogP contribution in [0.4, 0.5) is 0 Å². The van der Waals surface area contributed by atoms with Crippen LogP contribution in [0.25, 0.3) is 0 Å². The van der Waals surface area contributed by atoms with Crippen molar-refractivity contribution in [1.29, 1.82) is 0 Å². The summed E-state index contributed by atoms with van der Waals surface area (Å²) in [6, 6.07) is 19.5. The van der Waals surface area contributed by atoms with Crippen LogP contribution >= 0.6 is 31.9 Å². The van der Waals surface area contributed by atoms with Gasteiger partial charge >= 0.3 is 154 Å². The number of hydrogen-bond donors (Lipinski definition) is 0. The van der Waals surface area contributed by atoms with Crippen LogP contribution in [0.2, 0.25) is 38.5 Å². The summed E-state index contributed by atoms with van der Waals surface area (Å²) in [5.41, 5.74) is 3.64. The van der Waals surface area contributed by atoms with Gasteiger partial charge in [0, 0.05) is 0 Å². The van der Waals surface area contributed by atoms with E-state index < -0.39 is 6.51 Å². The molecule has 0 radical (unpaired) electrons. The predicted molar refractivity (Wildman–Crippen MR) is 102 cm³/mol. The SMILES string of the molecule is Brc1ccc([C]23[CH]4[CH]5[CH]6[CH]2[Fe]56432789[CH]3[CH]2[CH]7[C]8(c2ccc(Br)cc2)[CH]39)cc1. The molecular formula is C22H16Br2Fe. The molecule has 8 atom stereocenters. The van der Waals surface area contributed by atoms with Crippen LogP contribution < -0.4 is 0 Å². The Labute approximate surface area is 153 Å². The zero-order chi connectivity index (χ0) is 15.9. The van der Waals surface area contributed by atoms with E-state index in [9.17, 15) is 0 Å². The monoisotopic (exact) mass is 494 g/mol. The average Bonchev–Trinajstić information content (AvgIpc) is 3.56. The fourth-order valence-corrected chi connectivity index (χ4v) is 96.4. The van der Waals surface area contributed by atoms with E-state index in [-0.39, 0.29) is 0 Å². The van der Waals surface area contributed by atoms with Gasteiger partial charge in [-0.3, -0.25) is 0 Å². The van der Waals surface area contributed by atoms with Gasteiger partial charge in [-0.05, 0) is 0 Å². The van der Waals surface area contributed by atoms with Crippen LogP contribution in [0.15, 0.2) is 57.5 Å². The third-order valence-corrected chi connectivity index (χ3v) is 61.2. The van der Waals surface area contributed by atoms with Gasteiger partial charge in [0.25, 0.3) is 0 Å². The summed E-state index contributed by atoms with van der Waals surface area (Å²) in [6.07, 6.45) is 0. The predicted octanol–water partition coefficient (Wildman–Crippen LogP) is 7.11. The summed E-state index contributed by atoms with van der Waals surface area (Å²) in [5, 5.41) is 0. The number of halogens is 2. The molecule has 12 rings (SSSR count). The van der Waals surface area contributed by atoms with Crippen molar-refractivity contribution in [3.8, 4) is 0 Å². The number of benzene rings is 2. The number of fused-ring (bicyclic) bond motifs is 10. The summed E-state index contributed by atoms with van der Waals surface area (Å²) in [5.74, 6) is 0. The van der Waals surface area contributed by atoms with Crippen molar-refractivity contribution in [2.75, 3.05) is 0 Å².